The number of nitrogens with zero attached hydrogens (tertiary/aromatic N) is 3. The van der Waals surface area contributed by atoms with Gasteiger partial charge in [0.25, 0.3) is 10.0 Å². The zero-order valence-corrected chi connectivity index (χ0v) is 19.4. The van der Waals surface area contributed by atoms with E-state index in [1.807, 2.05) is 0 Å². The SMILES string of the molecule is Cc1ccc(S(=O)(=O)N2c3ccccc3N(C(=O)C(F)(F)F)[C@@H]2c2ccc(N(C)C)cc2)cc1. The second kappa shape index (κ2) is 8.35. The van der Waals surface area contributed by atoms with Gasteiger partial charge >= 0.3 is 12.1 Å². The maximum absolute atomic E-state index is 13.8. The van der Waals surface area contributed by atoms with Gasteiger partial charge < -0.3 is 4.90 Å². The van der Waals surface area contributed by atoms with E-state index >= 15 is 0 Å². The molecule has 6 nitrogen and oxygen atoms in total. The molecule has 0 N–H and O–H groups in total. The fourth-order valence-corrected chi connectivity index (χ4v) is 5.49. The van der Waals surface area contributed by atoms with Gasteiger partial charge in [-0.2, -0.15) is 13.2 Å². The van der Waals surface area contributed by atoms with Crippen molar-refractivity contribution in [1.29, 1.82) is 0 Å². The van der Waals surface area contributed by atoms with E-state index in [1.165, 1.54) is 48.5 Å². The van der Waals surface area contributed by atoms with Crippen LogP contribution in [-0.4, -0.2) is 34.6 Å². The molecule has 0 radical (unpaired) electrons. The van der Waals surface area contributed by atoms with Crippen molar-refractivity contribution in [2.75, 3.05) is 28.2 Å². The lowest BCUT2D eigenvalue weighted by Gasteiger charge is -2.32. The lowest BCUT2D eigenvalue weighted by atomic mass is 10.1. The van der Waals surface area contributed by atoms with E-state index in [2.05, 4.69) is 0 Å². The maximum atomic E-state index is 13.8. The summed E-state index contributed by atoms with van der Waals surface area (Å²) in [6, 6.07) is 18.1. The summed E-state index contributed by atoms with van der Waals surface area (Å²) in [4.78, 5) is 14.8. The molecule has 0 bridgehead atoms. The molecule has 34 heavy (non-hydrogen) atoms. The van der Waals surface area contributed by atoms with Gasteiger partial charge in [-0.1, -0.05) is 42.0 Å². The number of amides is 1. The van der Waals surface area contributed by atoms with Crippen LogP contribution in [-0.2, 0) is 14.8 Å². The number of carbonyl (C=O) groups excluding carboxylic acids is 1. The van der Waals surface area contributed by atoms with Gasteiger partial charge in [0.2, 0.25) is 0 Å². The van der Waals surface area contributed by atoms with Gasteiger partial charge in [0.15, 0.2) is 6.17 Å². The predicted molar refractivity (Wildman–Crippen MR) is 124 cm³/mol. The van der Waals surface area contributed by atoms with E-state index in [0.29, 0.717) is 4.90 Å². The average Bonchev–Trinajstić information content (AvgIpc) is 3.14. The molecule has 1 amide bonds. The van der Waals surface area contributed by atoms with Crippen LogP contribution < -0.4 is 14.1 Å². The van der Waals surface area contributed by atoms with Crippen LogP contribution in [0.25, 0.3) is 0 Å². The van der Waals surface area contributed by atoms with Crippen molar-refractivity contribution >= 4 is 33.0 Å². The minimum absolute atomic E-state index is 0.0117. The number of aryl methyl sites for hydroxylation is 1. The molecule has 1 aliphatic rings. The minimum Gasteiger partial charge on any atom is -0.378 e. The fourth-order valence-electron chi connectivity index (χ4n) is 3.89. The standard InChI is InChI=1S/C24H22F3N3O3S/c1-16-8-14-19(15-9-16)34(32,33)30-21-7-5-4-6-20(21)29(23(31)24(25,26)27)22(30)17-10-12-18(13-11-17)28(2)3/h4-15,22H,1-3H3/t22-/m0/s1. The maximum Gasteiger partial charge on any atom is 0.471 e. The average molecular weight is 490 g/mol. The Hall–Kier alpha value is -3.53. The Morgan fingerprint density at radius 3 is 1.97 bits per heavy atom. The van der Waals surface area contributed by atoms with E-state index < -0.39 is 28.3 Å². The van der Waals surface area contributed by atoms with Gasteiger partial charge in [-0.3, -0.25) is 9.69 Å². The number of rotatable bonds is 4. The molecule has 3 aromatic rings. The molecule has 10 heteroatoms. The number of carbonyl (C=O) groups is 1. The van der Waals surface area contributed by atoms with Gasteiger partial charge in [0.1, 0.15) is 0 Å². The number of hydrogen-bond acceptors (Lipinski definition) is 4. The first-order chi connectivity index (χ1) is 15.9. The van der Waals surface area contributed by atoms with Crippen molar-refractivity contribution in [2.45, 2.75) is 24.2 Å². The number of halogens is 3. The lowest BCUT2D eigenvalue weighted by molar-refractivity contribution is -0.170. The third-order valence-corrected chi connectivity index (χ3v) is 7.37. The van der Waals surface area contributed by atoms with Crippen molar-refractivity contribution < 1.29 is 26.4 Å². The number of alkyl halides is 3. The molecule has 1 atom stereocenters. The number of benzene rings is 3. The zero-order chi connectivity index (χ0) is 24.8. The van der Waals surface area contributed by atoms with Crippen LogP contribution in [0.4, 0.5) is 30.2 Å². The summed E-state index contributed by atoms with van der Waals surface area (Å²) in [5, 5.41) is 0. The highest BCUT2D eigenvalue weighted by Gasteiger charge is 2.53. The summed E-state index contributed by atoms with van der Waals surface area (Å²) in [6.45, 7) is 1.79. The van der Waals surface area contributed by atoms with E-state index in [0.717, 1.165) is 15.6 Å². The van der Waals surface area contributed by atoms with Gasteiger partial charge in [-0.15, -0.1) is 0 Å². The molecule has 0 fully saturated rings. The summed E-state index contributed by atoms with van der Waals surface area (Å²) in [5.41, 5.74) is 1.66. The van der Waals surface area contributed by atoms with Crippen LogP contribution in [0.3, 0.4) is 0 Å². The Bertz CT molecular complexity index is 1320. The van der Waals surface area contributed by atoms with Gasteiger partial charge in [-0.25, -0.2) is 12.7 Å². The largest absolute Gasteiger partial charge is 0.471 e. The Kier molecular flexibility index (Phi) is 5.80. The minimum atomic E-state index is -5.21. The second-order valence-electron chi connectivity index (χ2n) is 8.14. The van der Waals surface area contributed by atoms with E-state index in [4.69, 9.17) is 0 Å². The number of anilines is 3. The summed E-state index contributed by atoms with van der Waals surface area (Å²) in [7, 11) is -0.744. The number of sulfonamides is 1. The van der Waals surface area contributed by atoms with Gasteiger partial charge in [-0.05, 0) is 48.9 Å². The highest BCUT2D eigenvalue weighted by Crippen LogP contribution is 2.50. The van der Waals surface area contributed by atoms with Crippen LogP contribution in [0.5, 0.6) is 0 Å². The van der Waals surface area contributed by atoms with E-state index in [-0.39, 0.29) is 21.8 Å². The Labute approximate surface area is 195 Å². The molecule has 0 saturated heterocycles. The highest BCUT2D eigenvalue weighted by atomic mass is 32.2. The predicted octanol–water partition coefficient (Wildman–Crippen LogP) is 4.86. The second-order valence-corrected chi connectivity index (χ2v) is 9.95. The molecule has 0 aliphatic carbocycles. The lowest BCUT2D eigenvalue weighted by Crippen LogP contribution is -2.47. The van der Waals surface area contributed by atoms with Crippen LogP contribution in [0.1, 0.15) is 17.3 Å². The summed E-state index contributed by atoms with van der Waals surface area (Å²) in [6.07, 6.45) is -6.77. The molecular formula is C24H22F3N3O3S. The molecule has 0 aromatic heterocycles. The molecular weight excluding hydrogens is 467 g/mol. The van der Waals surface area contributed by atoms with Gasteiger partial charge in [0.05, 0.1) is 16.3 Å². The normalized spacial score (nSPS) is 15.9. The third kappa shape index (κ3) is 3.98. The van der Waals surface area contributed by atoms with Crippen LogP contribution in [0.15, 0.2) is 77.7 Å². The first-order valence-corrected chi connectivity index (χ1v) is 11.7. The molecule has 0 spiro atoms. The quantitative estimate of drug-likeness (QED) is 0.525. The first kappa shape index (κ1) is 23.6. The summed E-state index contributed by atoms with van der Waals surface area (Å²) in [5.74, 6) is -2.15. The van der Waals surface area contributed by atoms with Crippen LogP contribution >= 0.6 is 0 Å². The Morgan fingerprint density at radius 2 is 1.44 bits per heavy atom. The molecule has 4 rings (SSSR count). The number of fused-ring (bicyclic) bond motifs is 1. The van der Waals surface area contributed by atoms with Crippen LogP contribution in [0.2, 0.25) is 0 Å². The van der Waals surface area contributed by atoms with Crippen LogP contribution in [0, 0.1) is 6.92 Å². The van der Waals surface area contributed by atoms with Gasteiger partial charge in [0, 0.05) is 19.8 Å². The van der Waals surface area contributed by atoms with Crippen molar-refractivity contribution in [3.63, 3.8) is 0 Å². The molecule has 3 aromatic carbocycles. The third-order valence-electron chi connectivity index (χ3n) is 5.59. The smallest absolute Gasteiger partial charge is 0.378 e. The molecule has 178 valence electrons. The van der Waals surface area contributed by atoms with E-state index in [9.17, 15) is 26.4 Å². The Balaban J connectivity index is 1.97. The summed E-state index contributed by atoms with van der Waals surface area (Å²) >= 11 is 0. The highest BCUT2D eigenvalue weighted by molar-refractivity contribution is 7.92. The van der Waals surface area contributed by atoms with E-state index in [1.54, 1.807) is 50.2 Å². The molecule has 1 aliphatic heterocycles. The van der Waals surface area contributed by atoms with Crippen molar-refractivity contribution in [3.05, 3.63) is 83.9 Å². The molecule has 0 unspecified atom stereocenters. The topological polar surface area (TPSA) is 60.9 Å². The zero-order valence-electron chi connectivity index (χ0n) is 18.6. The number of hydrogen-bond donors (Lipinski definition) is 0. The monoisotopic (exact) mass is 489 g/mol. The van der Waals surface area contributed by atoms with Crippen molar-refractivity contribution in [1.82, 2.24) is 0 Å². The fraction of sp³-hybridized carbons (Fsp3) is 0.208. The number of para-hydroxylation sites is 2. The first-order valence-electron chi connectivity index (χ1n) is 10.3. The van der Waals surface area contributed by atoms with Crippen molar-refractivity contribution in [3.8, 4) is 0 Å². The Morgan fingerprint density at radius 1 is 0.882 bits per heavy atom. The summed E-state index contributed by atoms with van der Waals surface area (Å²) < 4.78 is 69.5. The molecule has 1 heterocycles. The molecule has 0 saturated carbocycles. The van der Waals surface area contributed by atoms with Crippen molar-refractivity contribution in [2.24, 2.45) is 0 Å².